The summed E-state index contributed by atoms with van der Waals surface area (Å²) in [6.07, 6.45) is 5.26. The summed E-state index contributed by atoms with van der Waals surface area (Å²) in [6.45, 7) is 0. The molecule has 1 aliphatic heterocycles. The SMILES string of the molecule is COc1ccc2c(c1)C(=O)C1=CC([N+]#N)C=CC1N2. The van der Waals surface area contributed by atoms with Crippen molar-refractivity contribution < 1.29 is 9.53 Å². The van der Waals surface area contributed by atoms with Crippen LogP contribution in [0, 0.1) is 5.39 Å². The fourth-order valence-corrected chi connectivity index (χ4v) is 2.37. The van der Waals surface area contributed by atoms with Gasteiger partial charge in [0.2, 0.25) is 5.39 Å². The second kappa shape index (κ2) is 4.25. The Morgan fingerprint density at radius 2 is 2.21 bits per heavy atom. The Labute approximate surface area is 110 Å². The highest BCUT2D eigenvalue weighted by atomic mass is 16.5. The minimum Gasteiger partial charge on any atom is -0.497 e. The maximum absolute atomic E-state index is 12.5. The van der Waals surface area contributed by atoms with Crippen LogP contribution in [0.25, 0.3) is 4.98 Å². The minimum absolute atomic E-state index is 0.0596. The van der Waals surface area contributed by atoms with Crippen molar-refractivity contribution in [3.63, 3.8) is 0 Å². The molecule has 94 valence electrons. The van der Waals surface area contributed by atoms with Gasteiger partial charge in [-0.2, -0.15) is 0 Å². The number of carbonyl (C=O) groups is 1. The van der Waals surface area contributed by atoms with E-state index in [0.717, 1.165) is 5.69 Å². The summed E-state index contributed by atoms with van der Waals surface area (Å²) in [5.74, 6) is 0.582. The van der Waals surface area contributed by atoms with Crippen LogP contribution in [0.4, 0.5) is 5.69 Å². The molecular formula is C14H12N3O2+. The number of hydrogen-bond donors (Lipinski definition) is 1. The molecule has 0 spiro atoms. The molecule has 1 N–H and O–H groups in total. The van der Waals surface area contributed by atoms with Crippen molar-refractivity contribution >= 4 is 11.5 Å². The lowest BCUT2D eigenvalue weighted by molar-refractivity contribution is 0.102. The first-order chi connectivity index (χ1) is 9.22. The van der Waals surface area contributed by atoms with E-state index in [4.69, 9.17) is 10.1 Å². The van der Waals surface area contributed by atoms with Gasteiger partial charge in [0.15, 0.2) is 5.78 Å². The lowest BCUT2D eigenvalue weighted by Gasteiger charge is -2.28. The molecule has 1 heterocycles. The standard InChI is InChI=1S/C14H11N3O2/c1-19-9-3-5-13-11(7-9)14(18)10-6-8(17-15)2-4-12(10)16-13/h2-8,12H,1H3/p+1. The van der Waals surface area contributed by atoms with Crippen molar-refractivity contribution in [1.29, 1.82) is 5.39 Å². The lowest BCUT2D eigenvalue weighted by Crippen LogP contribution is -2.33. The summed E-state index contributed by atoms with van der Waals surface area (Å²) < 4.78 is 5.13. The number of fused-ring (bicyclic) bond motifs is 2. The topological polar surface area (TPSA) is 66.5 Å². The lowest BCUT2D eigenvalue weighted by atomic mass is 9.87. The Hall–Kier alpha value is -2.61. The molecule has 5 heteroatoms. The Morgan fingerprint density at radius 3 is 2.95 bits per heavy atom. The van der Waals surface area contributed by atoms with Crippen molar-refractivity contribution in [2.24, 2.45) is 0 Å². The summed E-state index contributed by atoms with van der Waals surface area (Å²) in [6, 6.07) is 4.74. The third-order valence-electron chi connectivity index (χ3n) is 3.36. The highest BCUT2D eigenvalue weighted by Gasteiger charge is 2.33. The zero-order valence-electron chi connectivity index (χ0n) is 10.3. The number of anilines is 1. The third-order valence-corrected chi connectivity index (χ3v) is 3.36. The Morgan fingerprint density at radius 1 is 1.37 bits per heavy atom. The molecule has 1 aliphatic carbocycles. The molecule has 3 rings (SSSR count). The molecule has 0 radical (unpaired) electrons. The van der Waals surface area contributed by atoms with E-state index in [1.54, 1.807) is 25.3 Å². The molecule has 0 saturated carbocycles. The zero-order chi connectivity index (χ0) is 13.4. The number of ketones is 1. The Balaban J connectivity index is 2.07. The summed E-state index contributed by atoms with van der Waals surface area (Å²) >= 11 is 0. The number of benzene rings is 1. The molecule has 1 aromatic rings. The average Bonchev–Trinajstić information content (AvgIpc) is 2.47. The molecule has 0 bridgehead atoms. The molecule has 0 aromatic heterocycles. The van der Waals surface area contributed by atoms with E-state index in [-0.39, 0.29) is 11.8 Å². The van der Waals surface area contributed by atoms with Crippen LogP contribution in [0.2, 0.25) is 0 Å². The Bertz CT molecular complexity index is 655. The molecule has 0 amide bonds. The maximum Gasteiger partial charge on any atom is 0.351 e. The van der Waals surface area contributed by atoms with Crippen LogP contribution in [0.15, 0.2) is 42.0 Å². The zero-order valence-corrected chi connectivity index (χ0v) is 10.3. The van der Waals surface area contributed by atoms with Gasteiger partial charge < -0.3 is 10.1 Å². The van der Waals surface area contributed by atoms with Gasteiger partial charge in [0, 0.05) is 29.0 Å². The van der Waals surface area contributed by atoms with Crippen LogP contribution in [0.1, 0.15) is 10.4 Å². The van der Waals surface area contributed by atoms with Crippen molar-refractivity contribution in [3.8, 4) is 5.75 Å². The second-order valence-electron chi connectivity index (χ2n) is 4.48. The number of carbonyl (C=O) groups excluding carboxylic acids is 1. The molecule has 2 atom stereocenters. The number of ether oxygens (including phenoxy) is 1. The summed E-state index contributed by atoms with van der Waals surface area (Å²) in [7, 11) is 1.56. The molecule has 19 heavy (non-hydrogen) atoms. The fourth-order valence-electron chi connectivity index (χ4n) is 2.37. The van der Waals surface area contributed by atoms with E-state index >= 15 is 0 Å². The van der Waals surface area contributed by atoms with Crippen molar-refractivity contribution in [1.82, 2.24) is 0 Å². The van der Waals surface area contributed by atoms with Crippen molar-refractivity contribution in [3.05, 3.63) is 52.5 Å². The van der Waals surface area contributed by atoms with Gasteiger partial charge in [-0.05, 0) is 18.2 Å². The van der Waals surface area contributed by atoms with E-state index in [1.165, 1.54) is 0 Å². The number of hydrogen-bond acceptors (Lipinski definition) is 4. The normalized spacial score (nSPS) is 23.6. The smallest absolute Gasteiger partial charge is 0.351 e. The van der Waals surface area contributed by atoms with Gasteiger partial charge in [0.05, 0.1) is 13.2 Å². The molecule has 2 unspecified atom stereocenters. The van der Waals surface area contributed by atoms with Crippen LogP contribution in [-0.4, -0.2) is 25.0 Å². The first kappa shape index (κ1) is 11.5. The summed E-state index contributed by atoms with van der Waals surface area (Å²) in [5, 5.41) is 12.1. The average molecular weight is 254 g/mol. The highest BCUT2D eigenvalue weighted by Crippen LogP contribution is 2.33. The highest BCUT2D eigenvalue weighted by molar-refractivity contribution is 6.15. The number of methoxy groups -OCH3 is 1. The van der Waals surface area contributed by atoms with Crippen LogP contribution in [-0.2, 0) is 0 Å². The molecule has 2 aliphatic rings. The first-order valence-corrected chi connectivity index (χ1v) is 5.96. The first-order valence-electron chi connectivity index (χ1n) is 5.96. The van der Waals surface area contributed by atoms with Gasteiger partial charge in [0.25, 0.3) is 0 Å². The fraction of sp³-hybridized carbons (Fsp3) is 0.214. The quantitative estimate of drug-likeness (QED) is 0.617. The largest absolute Gasteiger partial charge is 0.497 e. The van der Waals surface area contributed by atoms with Crippen LogP contribution in [0.5, 0.6) is 5.75 Å². The maximum atomic E-state index is 12.5. The molecule has 0 fully saturated rings. The van der Waals surface area contributed by atoms with E-state index < -0.39 is 6.04 Å². The molecule has 5 nitrogen and oxygen atoms in total. The predicted octanol–water partition coefficient (Wildman–Crippen LogP) is 2.39. The minimum atomic E-state index is -0.454. The van der Waals surface area contributed by atoms with Gasteiger partial charge >= 0.3 is 6.04 Å². The van der Waals surface area contributed by atoms with Gasteiger partial charge in [-0.3, -0.25) is 4.79 Å². The summed E-state index contributed by atoms with van der Waals surface area (Å²) in [4.78, 5) is 15.7. The van der Waals surface area contributed by atoms with Crippen molar-refractivity contribution in [2.75, 3.05) is 12.4 Å². The van der Waals surface area contributed by atoms with Gasteiger partial charge in [-0.1, -0.05) is 6.08 Å². The van der Waals surface area contributed by atoms with E-state index in [2.05, 4.69) is 10.3 Å². The van der Waals surface area contributed by atoms with Gasteiger partial charge in [-0.15, -0.1) is 0 Å². The van der Waals surface area contributed by atoms with Crippen LogP contribution < -0.4 is 10.1 Å². The summed E-state index contributed by atoms with van der Waals surface area (Å²) in [5.41, 5.74) is 1.97. The van der Waals surface area contributed by atoms with Gasteiger partial charge in [-0.25, -0.2) is 0 Å². The number of nitrogens with one attached hydrogen (secondary N) is 1. The predicted molar refractivity (Wildman–Crippen MR) is 70.8 cm³/mol. The van der Waals surface area contributed by atoms with Crippen molar-refractivity contribution in [2.45, 2.75) is 12.1 Å². The molecule has 1 aromatic carbocycles. The number of rotatable bonds is 1. The monoisotopic (exact) mass is 254 g/mol. The third kappa shape index (κ3) is 1.78. The second-order valence-corrected chi connectivity index (χ2v) is 4.48. The molecular weight excluding hydrogens is 242 g/mol. The number of Topliss-reactive ketones (excluding diaryl/α,β-unsaturated/α-hetero) is 1. The van der Waals surface area contributed by atoms with E-state index in [1.807, 2.05) is 18.2 Å². The number of nitrogens with zero attached hydrogens (tertiary/aromatic N) is 2. The number of diazo groups is 1. The van der Waals surface area contributed by atoms with E-state index in [9.17, 15) is 4.79 Å². The Kier molecular flexibility index (Phi) is 2.57. The van der Waals surface area contributed by atoms with Crippen LogP contribution in [0.3, 0.4) is 0 Å². The van der Waals surface area contributed by atoms with Crippen LogP contribution >= 0.6 is 0 Å². The van der Waals surface area contributed by atoms with E-state index in [0.29, 0.717) is 16.9 Å². The van der Waals surface area contributed by atoms with Gasteiger partial charge in [0.1, 0.15) is 10.7 Å². The molecule has 0 saturated heterocycles.